The number of hydrogen-bond donors (Lipinski definition) is 2. The second kappa shape index (κ2) is 6.17. The summed E-state index contributed by atoms with van der Waals surface area (Å²) in [5.74, 6) is 0.932. The van der Waals surface area contributed by atoms with E-state index in [-0.39, 0.29) is 5.60 Å². The lowest BCUT2D eigenvalue weighted by Crippen LogP contribution is -2.47. The maximum absolute atomic E-state index is 5.79. The first-order valence-corrected chi connectivity index (χ1v) is 7.30. The van der Waals surface area contributed by atoms with Gasteiger partial charge in [-0.25, -0.2) is 0 Å². The number of piperidine rings is 1. The molecule has 0 aromatic rings. The van der Waals surface area contributed by atoms with Crippen LogP contribution in [0, 0.1) is 5.92 Å². The van der Waals surface area contributed by atoms with Crippen molar-refractivity contribution in [3.63, 3.8) is 0 Å². The van der Waals surface area contributed by atoms with Crippen molar-refractivity contribution in [2.24, 2.45) is 5.92 Å². The Bertz CT molecular complexity index is 226. The number of hydrogen-bond acceptors (Lipinski definition) is 3. The number of ether oxygens (including phenoxy) is 1. The molecule has 2 aliphatic heterocycles. The van der Waals surface area contributed by atoms with Gasteiger partial charge in [0.05, 0.1) is 5.60 Å². The Kier molecular flexibility index (Phi) is 4.83. The van der Waals surface area contributed by atoms with Crippen LogP contribution in [-0.2, 0) is 4.74 Å². The van der Waals surface area contributed by atoms with Gasteiger partial charge in [-0.2, -0.15) is 0 Å². The number of rotatable bonds is 5. The molecule has 0 radical (unpaired) electrons. The molecule has 3 heteroatoms. The maximum atomic E-state index is 5.79. The average Bonchev–Trinajstić information content (AvgIpc) is 2.77. The van der Waals surface area contributed by atoms with E-state index in [0.717, 1.165) is 25.6 Å². The zero-order chi connectivity index (χ0) is 12.1. The molecule has 0 amide bonds. The fourth-order valence-corrected chi connectivity index (χ4v) is 3.11. The predicted octanol–water partition coefficient (Wildman–Crippen LogP) is 1.92. The SMILES string of the molecule is CCC1CCNC(CNCC2(C)CCCO2)C1. The molecule has 0 spiro atoms. The van der Waals surface area contributed by atoms with Crippen LogP contribution in [0.5, 0.6) is 0 Å². The van der Waals surface area contributed by atoms with Gasteiger partial charge in [-0.3, -0.25) is 0 Å². The van der Waals surface area contributed by atoms with Crippen LogP contribution in [0.25, 0.3) is 0 Å². The van der Waals surface area contributed by atoms with Gasteiger partial charge < -0.3 is 15.4 Å². The van der Waals surface area contributed by atoms with Gasteiger partial charge in [-0.05, 0) is 45.1 Å². The van der Waals surface area contributed by atoms with Crippen LogP contribution < -0.4 is 10.6 Å². The predicted molar refractivity (Wildman–Crippen MR) is 71.3 cm³/mol. The molecule has 3 atom stereocenters. The zero-order valence-corrected chi connectivity index (χ0v) is 11.4. The first kappa shape index (κ1) is 13.3. The Balaban J connectivity index is 1.64. The first-order valence-electron chi connectivity index (χ1n) is 7.30. The minimum Gasteiger partial charge on any atom is -0.374 e. The third kappa shape index (κ3) is 3.94. The van der Waals surface area contributed by atoms with Gasteiger partial charge in [-0.1, -0.05) is 13.3 Å². The van der Waals surface area contributed by atoms with Gasteiger partial charge in [0, 0.05) is 25.7 Å². The van der Waals surface area contributed by atoms with E-state index in [1.54, 1.807) is 0 Å². The third-order valence-electron chi connectivity index (χ3n) is 4.37. The van der Waals surface area contributed by atoms with Crippen LogP contribution in [0.2, 0.25) is 0 Å². The van der Waals surface area contributed by atoms with E-state index >= 15 is 0 Å². The molecule has 2 saturated heterocycles. The molecule has 2 fully saturated rings. The van der Waals surface area contributed by atoms with E-state index < -0.39 is 0 Å². The van der Waals surface area contributed by atoms with E-state index in [4.69, 9.17) is 4.74 Å². The van der Waals surface area contributed by atoms with Crippen molar-refractivity contribution >= 4 is 0 Å². The van der Waals surface area contributed by atoms with Crippen molar-refractivity contribution in [3.8, 4) is 0 Å². The smallest absolute Gasteiger partial charge is 0.0779 e. The van der Waals surface area contributed by atoms with Crippen LogP contribution in [-0.4, -0.2) is 37.9 Å². The van der Waals surface area contributed by atoms with Gasteiger partial charge in [0.15, 0.2) is 0 Å². The van der Waals surface area contributed by atoms with E-state index in [0.29, 0.717) is 6.04 Å². The lowest BCUT2D eigenvalue weighted by atomic mass is 9.90. The summed E-state index contributed by atoms with van der Waals surface area (Å²) in [4.78, 5) is 0. The van der Waals surface area contributed by atoms with E-state index in [9.17, 15) is 0 Å². The molecule has 2 N–H and O–H groups in total. The second-order valence-corrected chi connectivity index (χ2v) is 5.98. The molecule has 0 aromatic carbocycles. The van der Waals surface area contributed by atoms with Crippen molar-refractivity contribution in [1.82, 2.24) is 10.6 Å². The fourth-order valence-electron chi connectivity index (χ4n) is 3.11. The van der Waals surface area contributed by atoms with Crippen LogP contribution in [0.3, 0.4) is 0 Å². The van der Waals surface area contributed by atoms with Crippen LogP contribution >= 0.6 is 0 Å². The van der Waals surface area contributed by atoms with E-state index in [1.165, 1.54) is 38.6 Å². The summed E-state index contributed by atoms with van der Waals surface area (Å²) in [5, 5.41) is 7.21. The van der Waals surface area contributed by atoms with E-state index in [2.05, 4.69) is 24.5 Å². The molecule has 2 rings (SSSR count). The highest BCUT2D eigenvalue weighted by atomic mass is 16.5. The molecular formula is C14H28N2O. The molecule has 3 unspecified atom stereocenters. The summed E-state index contributed by atoms with van der Waals surface area (Å²) in [6.07, 6.45) is 6.45. The van der Waals surface area contributed by atoms with Gasteiger partial charge in [0.2, 0.25) is 0 Å². The Morgan fingerprint density at radius 2 is 2.35 bits per heavy atom. The highest BCUT2D eigenvalue weighted by Gasteiger charge is 2.29. The molecule has 0 bridgehead atoms. The number of nitrogens with one attached hydrogen (secondary N) is 2. The maximum Gasteiger partial charge on any atom is 0.0779 e. The molecular weight excluding hydrogens is 212 g/mol. The minimum atomic E-state index is 0.0961. The molecule has 17 heavy (non-hydrogen) atoms. The summed E-state index contributed by atoms with van der Waals surface area (Å²) < 4.78 is 5.79. The van der Waals surface area contributed by atoms with Crippen LogP contribution in [0.15, 0.2) is 0 Å². The fraction of sp³-hybridized carbons (Fsp3) is 1.00. The normalized spacial score (nSPS) is 38.5. The quantitative estimate of drug-likeness (QED) is 0.770. The van der Waals surface area contributed by atoms with E-state index in [1.807, 2.05) is 0 Å². The van der Waals surface area contributed by atoms with Crippen molar-refractivity contribution in [1.29, 1.82) is 0 Å². The molecule has 0 aliphatic carbocycles. The molecule has 100 valence electrons. The van der Waals surface area contributed by atoms with Gasteiger partial charge in [-0.15, -0.1) is 0 Å². The van der Waals surface area contributed by atoms with Crippen molar-refractivity contribution < 1.29 is 4.74 Å². The second-order valence-electron chi connectivity index (χ2n) is 5.98. The summed E-state index contributed by atoms with van der Waals surface area (Å²) in [6.45, 7) is 8.78. The molecule has 2 aliphatic rings. The lowest BCUT2D eigenvalue weighted by molar-refractivity contribution is 0.0203. The summed E-state index contributed by atoms with van der Waals surface area (Å²) in [7, 11) is 0. The monoisotopic (exact) mass is 240 g/mol. The molecule has 2 heterocycles. The Morgan fingerprint density at radius 1 is 1.47 bits per heavy atom. The summed E-state index contributed by atoms with van der Waals surface area (Å²) >= 11 is 0. The highest BCUT2D eigenvalue weighted by Crippen LogP contribution is 2.24. The summed E-state index contributed by atoms with van der Waals surface area (Å²) in [5.41, 5.74) is 0.0961. The Labute approximate surface area is 106 Å². The minimum absolute atomic E-state index is 0.0961. The topological polar surface area (TPSA) is 33.3 Å². The lowest BCUT2D eigenvalue weighted by Gasteiger charge is -2.31. The van der Waals surface area contributed by atoms with Crippen LogP contribution in [0.1, 0.15) is 46.0 Å². The van der Waals surface area contributed by atoms with Gasteiger partial charge in [0.25, 0.3) is 0 Å². The highest BCUT2D eigenvalue weighted by molar-refractivity contribution is 4.85. The average molecular weight is 240 g/mol. The Morgan fingerprint density at radius 3 is 3.06 bits per heavy atom. The van der Waals surface area contributed by atoms with Crippen molar-refractivity contribution in [3.05, 3.63) is 0 Å². The standard InChI is InChI=1S/C14H28N2O/c1-3-12-5-7-16-13(9-12)10-15-11-14(2)6-4-8-17-14/h12-13,15-16H,3-11H2,1-2H3. The largest absolute Gasteiger partial charge is 0.374 e. The van der Waals surface area contributed by atoms with Gasteiger partial charge >= 0.3 is 0 Å². The zero-order valence-electron chi connectivity index (χ0n) is 11.4. The molecule has 0 saturated carbocycles. The first-order chi connectivity index (χ1) is 8.22. The van der Waals surface area contributed by atoms with Crippen molar-refractivity contribution in [2.75, 3.05) is 26.2 Å². The van der Waals surface area contributed by atoms with Crippen LogP contribution in [0.4, 0.5) is 0 Å². The van der Waals surface area contributed by atoms with Gasteiger partial charge in [0.1, 0.15) is 0 Å². The third-order valence-corrected chi connectivity index (χ3v) is 4.37. The Hall–Kier alpha value is -0.120. The summed E-state index contributed by atoms with van der Waals surface area (Å²) in [6, 6.07) is 0.665. The molecule has 3 nitrogen and oxygen atoms in total. The molecule has 0 aromatic heterocycles. The van der Waals surface area contributed by atoms with Crippen molar-refractivity contribution in [2.45, 2.75) is 57.6 Å².